The second kappa shape index (κ2) is 5.68. The predicted molar refractivity (Wildman–Crippen MR) is 81.6 cm³/mol. The highest BCUT2D eigenvalue weighted by Crippen LogP contribution is 2.19. The molecule has 3 aromatic rings. The van der Waals surface area contributed by atoms with Gasteiger partial charge in [-0.1, -0.05) is 29.8 Å². The molecule has 19 heavy (non-hydrogen) atoms. The first kappa shape index (κ1) is 12.6. The highest BCUT2D eigenvalue weighted by Gasteiger charge is 2.01. The van der Waals surface area contributed by atoms with Crippen molar-refractivity contribution in [1.29, 1.82) is 0 Å². The van der Waals surface area contributed by atoms with Gasteiger partial charge in [-0.05, 0) is 29.8 Å². The molecule has 0 radical (unpaired) electrons. The molecule has 0 atom stereocenters. The zero-order chi connectivity index (χ0) is 13.1. The second-order valence-electron chi connectivity index (χ2n) is 4.32. The maximum absolute atomic E-state index is 5.87. The number of thioether (sulfide) groups is 1. The molecular weight excluding hydrogens is 276 g/mol. The molecule has 2 heterocycles. The Morgan fingerprint density at radius 1 is 1.05 bits per heavy atom. The molecule has 0 amide bonds. The van der Waals surface area contributed by atoms with Gasteiger partial charge < -0.3 is 4.40 Å². The van der Waals surface area contributed by atoms with Gasteiger partial charge in [0.2, 0.25) is 0 Å². The van der Waals surface area contributed by atoms with Crippen molar-refractivity contribution in [3.8, 4) is 0 Å². The Bertz CT molecular complexity index is 643. The summed E-state index contributed by atoms with van der Waals surface area (Å²) in [5.74, 6) is 1.90. The third kappa shape index (κ3) is 3.11. The van der Waals surface area contributed by atoms with Crippen molar-refractivity contribution < 1.29 is 0 Å². The monoisotopic (exact) mass is 288 g/mol. The van der Waals surface area contributed by atoms with E-state index >= 15 is 0 Å². The number of nitrogens with zero attached hydrogens (tertiary/aromatic N) is 2. The standard InChI is InChI=1S/C15H13ClN2S/c16-13-6-4-12(5-7-13)10-19-11-14-9-18-8-2-1-3-15(18)17-14/h1-9H,10-11H2. The number of pyridine rings is 1. The molecule has 0 unspecified atom stereocenters. The molecule has 96 valence electrons. The van der Waals surface area contributed by atoms with E-state index in [0.29, 0.717) is 0 Å². The average Bonchev–Trinajstić information content (AvgIpc) is 2.83. The fraction of sp³-hybridized carbons (Fsp3) is 0.133. The van der Waals surface area contributed by atoms with Gasteiger partial charge in [0.1, 0.15) is 5.65 Å². The maximum Gasteiger partial charge on any atom is 0.137 e. The van der Waals surface area contributed by atoms with Crippen LogP contribution < -0.4 is 0 Å². The van der Waals surface area contributed by atoms with Gasteiger partial charge in [0, 0.05) is 28.9 Å². The first-order valence-corrected chi connectivity index (χ1v) is 7.59. The molecule has 2 aromatic heterocycles. The van der Waals surface area contributed by atoms with Gasteiger partial charge in [0.05, 0.1) is 5.69 Å². The Kier molecular flexibility index (Phi) is 3.76. The first-order chi connectivity index (χ1) is 9.31. The molecule has 4 heteroatoms. The van der Waals surface area contributed by atoms with Crippen molar-refractivity contribution in [1.82, 2.24) is 9.38 Å². The normalized spacial score (nSPS) is 11.0. The molecule has 0 spiro atoms. The molecule has 0 aliphatic carbocycles. The molecule has 0 N–H and O–H groups in total. The summed E-state index contributed by atoms with van der Waals surface area (Å²) in [7, 11) is 0. The van der Waals surface area contributed by atoms with Gasteiger partial charge >= 0.3 is 0 Å². The van der Waals surface area contributed by atoms with Crippen LogP contribution in [-0.4, -0.2) is 9.38 Å². The van der Waals surface area contributed by atoms with Crippen LogP contribution in [0.15, 0.2) is 54.9 Å². The Labute approximate surface area is 121 Å². The molecule has 3 rings (SSSR count). The van der Waals surface area contributed by atoms with Gasteiger partial charge in [0.25, 0.3) is 0 Å². The highest BCUT2D eigenvalue weighted by molar-refractivity contribution is 7.97. The van der Waals surface area contributed by atoms with Crippen molar-refractivity contribution >= 4 is 29.0 Å². The molecule has 0 bridgehead atoms. The van der Waals surface area contributed by atoms with E-state index < -0.39 is 0 Å². The molecule has 2 nitrogen and oxygen atoms in total. The highest BCUT2D eigenvalue weighted by atomic mass is 35.5. The minimum Gasteiger partial charge on any atom is -0.307 e. The number of halogens is 1. The summed E-state index contributed by atoms with van der Waals surface area (Å²) in [5.41, 5.74) is 3.41. The van der Waals surface area contributed by atoms with E-state index in [9.17, 15) is 0 Å². The zero-order valence-electron chi connectivity index (χ0n) is 10.3. The summed E-state index contributed by atoms with van der Waals surface area (Å²) < 4.78 is 2.05. The predicted octanol–water partition coefficient (Wildman–Crippen LogP) is 4.42. The number of hydrogen-bond donors (Lipinski definition) is 0. The van der Waals surface area contributed by atoms with E-state index in [-0.39, 0.29) is 0 Å². The summed E-state index contributed by atoms with van der Waals surface area (Å²) in [6, 6.07) is 14.0. The summed E-state index contributed by atoms with van der Waals surface area (Å²) in [5, 5.41) is 0.786. The molecule has 0 saturated heterocycles. The number of fused-ring (bicyclic) bond motifs is 1. The van der Waals surface area contributed by atoms with Crippen LogP contribution in [0.1, 0.15) is 11.3 Å². The van der Waals surface area contributed by atoms with Crippen molar-refractivity contribution in [3.63, 3.8) is 0 Å². The largest absolute Gasteiger partial charge is 0.307 e. The fourth-order valence-corrected chi connectivity index (χ4v) is 2.92. The van der Waals surface area contributed by atoms with Crippen molar-refractivity contribution in [2.24, 2.45) is 0 Å². The van der Waals surface area contributed by atoms with Gasteiger partial charge in [-0.25, -0.2) is 4.98 Å². The van der Waals surface area contributed by atoms with E-state index in [4.69, 9.17) is 11.6 Å². The smallest absolute Gasteiger partial charge is 0.137 e. The Hall–Kier alpha value is -1.45. The van der Waals surface area contributed by atoms with Gasteiger partial charge in [-0.2, -0.15) is 11.8 Å². The van der Waals surface area contributed by atoms with Gasteiger partial charge in [-0.3, -0.25) is 0 Å². The third-order valence-corrected chi connectivity index (χ3v) is 4.14. The number of rotatable bonds is 4. The fourth-order valence-electron chi connectivity index (χ4n) is 1.91. The lowest BCUT2D eigenvalue weighted by Gasteiger charge is -2.00. The molecule has 0 fully saturated rings. The average molecular weight is 289 g/mol. The maximum atomic E-state index is 5.87. The number of hydrogen-bond acceptors (Lipinski definition) is 2. The Morgan fingerprint density at radius 3 is 2.68 bits per heavy atom. The zero-order valence-corrected chi connectivity index (χ0v) is 11.9. The van der Waals surface area contributed by atoms with Crippen LogP contribution in [0.5, 0.6) is 0 Å². The number of benzene rings is 1. The lowest BCUT2D eigenvalue weighted by atomic mass is 10.2. The summed E-state index contributed by atoms with van der Waals surface area (Å²) in [6.45, 7) is 0. The molecule has 0 aliphatic rings. The van der Waals surface area contributed by atoms with E-state index in [1.54, 1.807) is 0 Å². The van der Waals surface area contributed by atoms with Crippen molar-refractivity contribution in [2.45, 2.75) is 11.5 Å². The second-order valence-corrected chi connectivity index (χ2v) is 5.74. The van der Waals surface area contributed by atoms with E-state index in [1.165, 1.54) is 5.56 Å². The minimum absolute atomic E-state index is 0.786. The molecular formula is C15H13ClN2S. The third-order valence-electron chi connectivity index (χ3n) is 2.85. The van der Waals surface area contributed by atoms with Crippen LogP contribution in [0.2, 0.25) is 5.02 Å². The van der Waals surface area contributed by atoms with Crippen LogP contribution in [0.25, 0.3) is 5.65 Å². The van der Waals surface area contributed by atoms with Crippen LogP contribution in [-0.2, 0) is 11.5 Å². The van der Waals surface area contributed by atoms with Gasteiger partial charge in [-0.15, -0.1) is 0 Å². The van der Waals surface area contributed by atoms with Crippen molar-refractivity contribution in [3.05, 3.63) is 71.1 Å². The number of aromatic nitrogens is 2. The van der Waals surface area contributed by atoms with Crippen LogP contribution >= 0.6 is 23.4 Å². The van der Waals surface area contributed by atoms with Crippen molar-refractivity contribution in [2.75, 3.05) is 0 Å². The minimum atomic E-state index is 0.786. The van der Waals surface area contributed by atoms with Crippen LogP contribution in [0.4, 0.5) is 0 Å². The summed E-state index contributed by atoms with van der Waals surface area (Å²) >= 11 is 7.73. The lowest BCUT2D eigenvalue weighted by molar-refractivity contribution is 1.18. The lowest BCUT2D eigenvalue weighted by Crippen LogP contribution is -1.83. The topological polar surface area (TPSA) is 17.3 Å². The first-order valence-electron chi connectivity index (χ1n) is 6.06. The molecule has 0 saturated carbocycles. The summed E-state index contributed by atoms with van der Waals surface area (Å²) in [6.07, 6.45) is 4.11. The van der Waals surface area contributed by atoms with E-state index in [1.807, 2.05) is 48.3 Å². The van der Waals surface area contributed by atoms with E-state index in [0.717, 1.165) is 27.9 Å². The van der Waals surface area contributed by atoms with E-state index in [2.05, 4.69) is 27.7 Å². The van der Waals surface area contributed by atoms with Crippen LogP contribution in [0.3, 0.4) is 0 Å². The Balaban J connectivity index is 1.61. The summed E-state index contributed by atoms with van der Waals surface area (Å²) in [4.78, 5) is 4.58. The molecule has 1 aromatic carbocycles. The molecule has 0 aliphatic heterocycles. The van der Waals surface area contributed by atoms with Gasteiger partial charge in [0.15, 0.2) is 0 Å². The van der Waals surface area contributed by atoms with Crippen LogP contribution in [0, 0.1) is 0 Å². The Morgan fingerprint density at radius 2 is 1.89 bits per heavy atom. The number of imidazole rings is 1. The quantitative estimate of drug-likeness (QED) is 0.707. The SMILES string of the molecule is Clc1ccc(CSCc2cn3ccccc3n2)cc1.